The van der Waals surface area contributed by atoms with E-state index in [-0.39, 0.29) is 5.82 Å². The van der Waals surface area contributed by atoms with Gasteiger partial charge in [0.1, 0.15) is 5.75 Å². The number of hydrogen-bond acceptors (Lipinski definition) is 3. The molecule has 1 aromatic carbocycles. The van der Waals surface area contributed by atoms with Gasteiger partial charge >= 0.3 is 0 Å². The SMILES string of the molecule is CCCc1c(CCN)c2c(c(F)c1OC)CCCO2. The van der Waals surface area contributed by atoms with Crippen LogP contribution in [-0.4, -0.2) is 20.3 Å². The molecule has 0 saturated heterocycles. The second kappa shape index (κ2) is 6.24. The summed E-state index contributed by atoms with van der Waals surface area (Å²) in [4.78, 5) is 0. The van der Waals surface area contributed by atoms with Crippen molar-refractivity contribution in [3.8, 4) is 11.5 Å². The van der Waals surface area contributed by atoms with Crippen LogP contribution in [-0.2, 0) is 19.3 Å². The Hall–Kier alpha value is -1.29. The third-order valence-electron chi connectivity index (χ3n) is 3.57. The van der Waals surface area contributed by atoms with Crippen LogP contribution in [0.1, 0.15) is 36.5 Å². The van der Waals surface area contributed by atoms with Gasteiger partial charge in [-0.3, -0.25) is 0 Å². The fourth-order valence-electron chi connectivity index (χ4n) is 2.78. The number of hydrogen-bond donors (Lipinski definition) is 1. The van der Waals surface area contributed by atoms with Crippen molar-refractivity contribution in [2.45, 2.75) is 39.0 Å². The standard InChI is InChI=1S/C15H22FNO2/c1-3-5-10-11(7-8-17)14-12(6-4-9-19-14)13(16)15(10)18-2/h3-9,17H2,1-2H3. The molecule has 1 aromatic rings. The Labute approximate surface area is 113 Å². The Morgan fingerprint density at radius 3 is 2.74 bits per heavy atom. The van der Waals surface area contributed by atoms with Crippen molar-refractivity contribution in [3.63, 3.8) is 0 Å². The summed E-state index contributed by atoms with van der Waals surface area (Å²) in [5.74, 6) is 0.856. The number of rotatable bonds is 5. The fourth-order valence-corrected chi connectivity index (χ4v) is 2.78. The second-order valence-electron chi connectivity index (χ2n) is 4.85. The Morgan fingerprint density at radius 2 is 2.11 bits per heavy atom. The summed E-state index contributed by atoms with van der Waals surface area (Å²) in [6, 6.07) is 0. The summed E-state index contributed by atoms with van der Waals surface area (Å²) in [7, 11) is 1.53. The minimum absolute atomic E-state index is 0.249. The van der Waals surface area contributed by atoms with Gasteiger partial charge in [0.25, 0.3) is 0 Å². The summed E-state index contributed by atoms with van der Waals surface area (Å²) in [6.07, 6.45) is 3.98. The molecule has 1 aliphatic heterocycles. The highest BCUT2D eigenvalue weighted by atomic mass is 19.1. The number of nitrogens with two attached hydrogens (primary N) is 1. The molecule has 2 rings (SSSR count). The van der Waals surface area contributed by atoms with E-state index in [2.05, 4.69) is 6.92 Å². The monoisotopic (exact) mass is 267 g/mol. The molecule has 0 radical (unpaired) electrons. The molecule has 0 spiro atoms. The first kappa shape index (κ1) is 14.1. The topological polar surface area (TPSA) is 44.5 Å². The van der Waals surface area contributed by atoms with Gasteiger partial charge in [-0.15, -0.1) is 0 Å². The molecule has 0 aromatic heterocycles. The van der Waals surface area contributed by atoms with E-state index in [0.717, 1.165) is 36.1 Å². The molecule has 1 aliphatic rings. The predicted molar refractivity (Wildman–Crippen MR) is 73.5 cm³/mol. The molecule has 4 heteroatoms. The zero-order valence-corrected chi connectivity index (χ0v) is 11.7. The number of benzene rings is 1. The van der Waals surface area contributed by atoms with E-state index in [9.17, 15) is 4.39 Å². The molecular weight excluding hydrogens is 245 g/mol. The first-order valence-electron chi connectivity index (χ1n) is 6.97. The summed E-state index contributed by atoms with van der Waals surface area (Å²) in [5.41, 5.74) is 8.32. The maximum Gasteiger partial charge on any atom is 0.172 e. The molecule has 1 heterocycles. The van der Waals surface area contributed by atoms with E-state index in [1.165, 1.54) is 7.11 Å². The minimum Gasteiger partial charge on any atom is -0.493 e. The first-order chi connectivity index (χ1) is 9.24. The normalized spacial score (nSPS) is 13.9. The highest BCUT2D eigenvalue weighted by Crippen LogP contribution is 2.41. The summed E-state index contributed by atoms with van der Waals surface area (Å²) >= 11 is 0. The van der Waals surface area contributed by atoms with E-state index < -0.39 is 0 Å². The highest BCUT2D eigenvalue weighted by molar-refractivity contribution is 5.56. The lowest BCUT2D eigenvalue weighted by Gasteiger charge is -2.25. The van der Waals surface area contributed by atoms with Gasteiger partial charge in [-0.1, -0.05) is 13.3 Å². The van der Waals surface area contributed by atoms with Gasteiger partial charge in [0.15, 0.2) is 11.6 Å². The Kier molecular flexibility index (Phi) is 4.64. The van der Waals surface area contributed by atoms with Crippen molar-refractivity contribution in [1.82, 2.24) is 0 Å². The van der Waals surface area contributed by atoms with E-state index in [4.69, 9.17) is 15.2 Å². The lowest BCUT2D eigenvalue weighted by Crippen LogP contribution is -2.17. The number of ether oxygens (including phenoxy) is 2. The lowest BCUT2D eigenvalue weighted by atomic mass is 9.92. The molecule has 106 valence electrons. The Morgan fingerprint density at radius 1 is 1.32 bits per heavy atom. The highest BCUT2D eigenvalue weighted by Gasteiger charge is 2.26. The van der Waals surface area contributed by atoms with Crippen LogP contribution in [0.5, 0.6) is 11.5 Å². The summed E-state index contributed by atoms with van der Waals surface area (Å²) in [5, 5.41) is 0. The van der Waals surface area contributed by atoms with Crippen molar-refractivity contribution in [2.24, 2.45) is 5.73 Å². The molecule has 0 atom stereocenters. The van der Waals surface area contributed by atoms with Crippen LogP contribution in [0.2, 0.25) is 0 Å². The van der Waals surface area contributed by atoms with Gasteiger partial charge in [-0.05, 0) is 32.2 Å². The van der Waals surface area contributed by atoms with Crippen LogP contribution in [0.25, 0.3) is 0 Å². The molecule has 0 saturated carbocycles. The minimum atomic E-state index is -0.249. The van der Waals surface area contributed by atoms with Crippen LogP contribution in [0.15, 0.2) is 0 Å². The molecule has 0 aliphatic carbocycles. The van der Waals surface area contributed by atoms with Crippen LogP contribution < -0.4 is 15.2 Å². The lowest BCUT2D eigenvalue weighted by molar-refractivity contribution is 0.276. The Bertz CT molecular complexity index is 460. The number of halogens is 1. The Balaban J connectivity index is 2.64. The molecule has 3 nitrogen and oxygen atoms in total. The average molecular weight is 267 g/mol. The van der Waals surface area contributed by atoms with E-state index in [1.807, 2.05) is 0 Å². The van der Waals surface area contributed by atoms with E-state index in [0.29, 0.717) is 37.3 Å². The molecular formula is C15H22FNO2. The maximum atomic E-state index is 14.5. The maximum absolute atomic E-state index is 14.5. The summed E-state index contributed by atoms with van der Waals surface area (Å²) in [6.45, 7) is 3.26. The zero-order chi connectivity index (χ0) is 13.8. The predicted octanol–water partition coefficient (Wildman–Crippen LogP) is 2.61. The van der Waals surface area contributed by atoms with Gasteiger partial charge in [0.05, 0.1) is 13.7 Å². The fraction of sp³-hybridized carbons (Fsp3) is 0.600. The van der Waals surface area contributed by atoms with E-state index >= 15 is 0 Å². The third kappa shape index (κ3) is 2.54. The molecule has 2 N–H and O–H groups in total. The number of fused-ring (bicyclic) bond motifs is 1. The largest absolute Gasteiger partial charge is 0.493 e. The smallest absolute Gasteiger partial charge is 0.172 e. The van der Waals surface area contributed by atoms with Gasteiger partial charge in [-0.25, -0.2) is 4.39 Å². The molecule has 0 amide bonds. The molecule has 19 heavy (non-hydrogen) atoms. The van der Waals surface area contributed by atoms with Crippen LogP contribution in [0.4, 0.5) is 4.39 Å². The van der Waals surface area contributed by atoms with Gasteiger partial charge in [-0.2, -0.15) is 0 Å². The van der Waals surface area contributed by atoms with E-state index in [1.54, 1.807) is 0 Å². The van der Waals surface area contributed by atoms with Gasteiger partial charge in [0.2, 0.25) is 0 Å². The van der Waals surface area contributed by atoms with Crippen LogP contribution in [0.3, 0.4) is 0 Å². The zero-order valence-electron chi connectivity index (χ0n) is 11.7. The van der Waals surface area contributed by atoms with Crippen LogP contribution >= 0.6 is 0 Å². The molecule has 0 unspecified atom stereocenters. The molecule has 0 bridgehead atoms. The number of methoxy groups -OCH3 is 1. The third-order valence-corrected chi connectivity index (χ3v) is 3.57. The average Bonchev–Trinajstić information content (AvgIpc) is 2.44. The second-order valence-corrected chi connectivity index (χ2v) is 4.85. The van der Waals surface area contributed by atoms with Crippen molar-refractivity contribution in [1.29, 1.82) is 0 Å². The van der Waals surface area contributed by atoms with Crippen molar-refractivity contribution in [2.75, 3.05) is 20.3 Å². The quantitative estimate of drug-likeness (QED) is 0.892. The van der Waals surface area contributed by atoms with Gasteiger partial charge < -0.3 is 15.2 Å². The van der Waals surface area contributed by atoms with Crippen molar-refractivity contribution >= 4 is 0 Å². The van der Waals surface area contributed by atoms with Gasteiger partial charge in [0, 0.05) is 16.7 Å². The van der Waals surface area contributed by atoms with Crippen molar-refractivity contribution in [3.05, 3.63) is 22.5 Å². The van der Waals surface area contributed by atoms with Crippen LogP contribution in [0, 0.1) is 5.82 Å². The first-order valence-corrected chi connectivity index (χ1v) is 6.97. The molecule has 0 fully saturated rings. The summed E-state index contributed by atoms with van der Waals surface area (Å²) < 4.78 is 25.6. The van der Waals surface area contributed by atoms with Crippen molar-refractivity contribution < 1.29 is 13.9 Å².